The van der Waals surface area contributed by atoms with Crippen LogP contribution >= 0.6 is 0 Å². The number of aryl methyl sites for hydroxylation is 2. The molecule has 1 aromatic carbocycles. The SMILES string of the molecule is CCc1cccc2c1cnn2C.N. The Bertz CT molecular complexity index is 403. The summed E-state index contributed by atoms with van der Waals surface area (Å²) in [5, 5.41) is 5.50. The van der Waals surface area contributed by atoms with Gasteiger partial charge >= 0.3 is 0 Å². The number of rotatable bonds is 1. The smallest absolute Gasteiger partial charge is 0.0681 e. The third-order valence-corrected chi connectivity index (χ3v) is 2.26. The van der Waals surface area contributed by atoms with E-state index in [4.69, 9.17) is 0 Å². The first-order valence-electron chi connectivity index (χ1n) is 4.22. The zero-order chi connectivity index (χ0) is 8.55. The van der Waals surface area contributed by atoms with Crippen molar-refractivity contribution in [2.45, 2.75) is 13.3 Å². The molecule has 3 N–H and O–H groups in total. The van der Waals surface area contributed by atoms with Crippen LogP contribution in [0.3, 0.4) is 0 Å². The molecule has 0 aliphatic carbocycles. The monoisotopic (exact) mass is 177 g/mol. The van der Waals surface area contributed by atoms with Gasteiger partial charge in [0.1, 0.15) is 0 Å². The average Bonchev–Trinajstić information content (AvgIpc) is 2.48. The van der Waals surface area contributed by atoms with Crippen molar-refractivity contribution in [3.63, 3.8) is 0 Å². The van der Waals surface area contributed by atoms with Crippen LogP contribution in [0, 0.1) is 0 Å². The van der Waals surface area contributed by atoms with Crippen LogP contribution in [0.4, 0.5) is 0 Å². The summed E-state index contributed by atoms with van der Waals surface area (Å²) < 4.78 is 1.91. The van der Waals surface area contributed by atoms with Gasteiger partial charge in [-0.3, -0.25) is 4.68 Å². The summed E-state index contributed by atoms with van der Waals surface area (Å²) in [6, 6.07) is 6.34. The molecule has 1 heterocycles. The van der Waals surface area contributed by atoms with Crippen molar-refractivity contribution in [1.29, 1.82) is 0 Å². The molecule has 0 atom stereocenters. The van der Waals surface area contributed by atoms with Crippen molar-refractivity contribution >= 4 is 10.9 Å². The maximum absolute atomic E-state index is 4.22. The van der Waals surface area contributed by atoms with Crippen LogP contribution < -0.4 is 6.15 Å². The number of aromatic nitrogens is 2. The zero-order valence-electron chi connectivity index (χ0n) is 8.12. The van der Waals surface area contributed by atoms with Crippen LogP contribution in [0.5, 0.6) is 0 Å². The predicted octanol–water partition coefficient (Wildman–Crippen LogP) is 2.30. The van der Waals surface area contributed by atoms with Crippen LogP contribution in [-0.4, -0.2) is 9.78 Å². The highest BCUT2D eigenvalue weighted by molar-refractivity contribution is 5.82. The summed E-state index contributed by atoms with van der Waals surface area (Å²) in [6.45, 7) is 2.17. The average molecular weight is 177 g/mol. The van der Waals surface area contributed by atoms with E-state index in [9.17, 15) is 0 Å². The lowest BCUT2D eigenvalue weighted by Gasteiger charge is -1.98. The molecule has 13 heavy (non-hydrogen) atoms. The molecule has 3 heteroatoms. The molecule has 0 bridgehead atoms. The number of hydrogen-bond donors (Lipinski definition) is 1. The molecule has 0 fully saturated rings. The van der Waals surface area contributed by atoms with E-state index in [2.05, 4.69) is 30.2 Å². The van der Waals surface area contributed by atoms with E-state index in [0.717, 1.165) is 6.42 Å². The van der Waals surface area contributed by atoms with E-state index >= 15 is 0 Å². The van der Waals surface area contributed by atoms with Gasteiger partial charge in [0.05, 0.1) is 11.7 Å². The lowest BCUT2D eigenvalue weighted by molar-refractivity contribution is 0.797. The van der Waals surface area contributed by atoms with Gasteiger partial charge < -0.3 is 6.15 Å². The lowest BCUT2D eigenvalue weighted by atomic mass is 10.1. The Labute approximate surface area is 78.0 Å². The highest BCUT2D eigenvalue weighted by Crippen LogP contribution is 2.17. The highest BCUT2D eigenvalue weighted by Gasteiger charge is 2.01. The molecule has 70 valence electrons. The van der Waals surface area contributed by atoms with Crippen LogP contribution in [0.25, 0.3) is 10.9 Å². The van der Waals surface area contributed by atoms with Crippen molar-refractivity contribution in [1.82, 2.24) is 15.9 Å². The molecule has 0 unspecified atom stereocenters. The van der Waals surface area contributed by atoms with Gasteiger partial charge in [0.25, 0.3) is 0 Å². The van der Waals surface area contributed by atoms with Crippen molar-refractivity contribution < 1.29 is 0 Å². The first-order valence-corrected chi connectivity index (χ1v) is 4.22. The molecule has 2 rings (SSSR count). The Balaban J connectivity index is 0.000000845. The van der Waals surface area contributed by atoms with Crippen LogP contribution in [0.1, 0.15) is 12.5 Å². The van der Waals surface area contributed by atoms with E-state index < -0.39 is 0 Å². The van der Waals surface area contributed by atoms with Gasteiger partial charge in [-0.2, -0.15) is 5.10 Å². The van der Waals surface area contributed by atoms with Gasteiger partial charge in [-0.1, -0.05) is 19.1 Å². The summed E-state index contributed by atoms with van der Waals surface area (Å²) >= 11 is 0. The molecule has 3 nitrogen and oxygen atoms in total. The fraction of sp³-hybridized carbons (Fsp3) is 0.300. The van der Waals surface area contributed by atoms with Gasteiger partial charge in [-0.15, -0.1) is 0 Å². The summed E-state index contributed by atoms with van der Waals surface area (Å²) in [4.78, 5) is 0. The molecular formula is C10H15N3. The second-order valence-corrected chi connectivity index (χ2v) is 2.97. The minimum absolute atomic E-state index is 0. The highest BCUT2D eigenvalue weighted by atomic mass is 15.2. The second kappa shape index (κ2) is 3.58. The molecule has 0 radical (unpaired) electrons. The largest absolute Gasteiger partial charge is 0.344 e. The number of nitrogens with zero attached hydrogens (tertiary/aromatic N) is 2. The van der Waals surface area contributed by atoms with Crippen LogP contribution in [-0.2, 0) is 13.5 Å². The number of hydrogen-bond acceptors (Lipinski definition) is 2. The van der Waals surface area contributed by atoms with E-state index in [1.54, 1.807) is 0 Å². The molecular weight excluding hydrogens is 162 g/mol. The van der Waals surface area contributed by atoms with Gasteiger partial charge in [0, 0.05) is 12.4 Å². The summed E-state index contributed by atoms with van der Waals surface area (Å²) in [7, 11) is 1.97. The van der Waals surface area contributed by atoms with Crippen molar-refractivity contribution in [3.05, 3.63) is 30.0 Å². The molecule has 2 aromatic rings. The Morgan fingerprint density at radius 3 is 2.85 bits per heavy atom. The van der Waals surface area contributed by atoms with Gasteiger partial charge in [0.2, 0.25) is 0 Å². The summed E-state index contributed by atoms with van der Waals surface area (Å²) in [5.41, 5.74) is 2.59. The first-order chi connectivity index (χ1) is 5.83. The third-order valence-electron chi connectivity index (χ3n) is 2.26. The normalized spacial score (nSPS) is 10.0. The van der Waals surface area contributed by atoms with E-state index in [1.807, 2.05) is 17.9 Å². The number of fused-ring (bicyclic) bond motifs is 1. The van der Waals surface area contributed by atoms with E-state index in [1.165, 1.54) is 16.5 Å². The Morgan fingerprint density at radius 1 is 1.38 bits per heavy atom. The van der Waals surface area contributed by atoms with Gasteiger partial charge in [0.15, 0.2) is 0 Å². The third kappa shape index (κ3) is 1.42. The fourth-order valence-corrected chi connectivity index (χ4v) is 1.55. The molecule has 1 aromatic heterocycles. The van der Waals surface area contributed by atoms with Gasteiger partial charge in [-0.05, 0) is 18.1 Å². The predicted molar refractivity (Wildman–Crippen MR) is 55.1 cm³/mol. The van der Waals surface area contributed by atoms with Crippen molar-refractivity contribution in [3.8, 4) is 0 Å². The molecule has 0 saturated heterocycles. The molecule has 0 aliphatic rings. The maximum atomic E-state index is 4.22. The van der Waals surface area contributed by atoms with E-state index in [0.29, 0.717) is 0 Å². The zero-order valence-corrected chi connectivity index (χ0v) is 8.12. The van der Waals surface area contributed by atoms with E-state index in [-0.39, 0.29) is 6.15 Å². The lowest BCUT2D eigenvalue weighted by Crippen LogP contribution is -1.88. The molecule has 0 aliphatic heterocycles. The second-order valence-electron chi connectivity index (χ2n) is 2.97. The van der Waals surface area contributed by atoms with Gasteiger partial charge in [-0.25, -0.2) is 0 Å². The maximum Gasteiger partial charge on any atom is 0.0681 e. The minimum atomic E-state index is 0. The molecule has 0 saturated carbocycles. The van der Waals surface area contributed by atoms with Crippen molar-refractivity contribution in [2.75, 3.05) is 0 Å². The molecule has 0 spiro atoms. The topological polar surface area (TPSA) is 52.8 Å². The quantitative estimate of drug-likeness (QED) is 0.726. The first kappa shape index (κ1) is 9.74. The number of benzene rings is 1. The summed E-state index contributed by atoms with van der Waals surface area (Å²) in [6.07, 6.45) is 3.01. The Kier molecular flexibility index (Phi) is 2.68. The van der Waals surface area contributed by atoms with Crippen molar-refractivity contribution in [2.24, 2.45) is 7.05 Å². The van der Waals surface area contributed by atoms with Crippen LogP contribution in [0.2, 0.25) is 0 Å². The minimum Gasteiger partial charge on any atom is -0.344 e. The fourth-order valence-electron chi connectivity index (χ4n) is 1.55. The molecule has 0 amide bonds. The van der Waals surface area contributed by atoms with Crippen LogP contribution in [0.15, 0.2) is 24.4 Å². The Hall–Kier alpha value is -1.35. The Morgan fingerprint density at radius 2 is 2.15 bits per heavy atom. The summed E-state index contributed by atoms with van der Waals surface area (Å²) in [5.74, 6) is 0. The standard InChI is InChI=1S/C10H12N2.H3N/c1-3-8-5-4-6-10-9(8)7-11-12(10)2;/h4-7H,3H2,1-2H3;1H3.